The minimum absolute atomic E-state index is 0.387. The molecule has 1 aliphatic rings. The first kappa shape index (κ1) is 14.7. The van der Waals surface area contributed by atoms with E-state index in [1.807, 2.05) is 19.0 Å². The maximum absolute atomic E-state index is 5.45. The predicted molar refractivity (Wildman–Crippen MR) is 80.9 cm³/mol. The summed E-state index contributed by atoms with van der Waals surface area (Å²) >= 11 is 0. The van der Waals surface area contributed by atoms with Gasteiger partial charge in [-0.1, -0.05) is 0 Å². The lowest BCUT2D eigenvalue weighted by Gasteiger charge is -2.42. The summed E-state index contributed by atoms with van der Waals surface area (Å²) in [4.78, 5) is 19.5. The number of nitrogens with one attached hydrogen (secondary N) is 1. The maximum Gasteiger partial charge on any atom is 0.243 e. The van der Waals surface area contributed by atoms with E-state index in [1.54, 1.807) is 0 Å². The molecule has 0 aliphatic carbocycles. The van der Waals surface area contributed by atoms with Crippen molar-refractivity contribution in [2.24, 2.45) is 5.84 Å². The second-order valence-corrected chi connectivity index (χ2v) is 5.57. The summed E-state index contributed by atoms with van der Waals surface area (Å²) in [6, 6.07) is 0.903. The summed E-state index contributed by atoms with van der Waals surface area (Å²) in [6.45, 7) is 6.20. The van der Waals surface area contributed by atoms with Gasteiger partial charge in [0.05, 0.1) is 0 Å². The molecule has 8 heteroatoms. The van der Waals surface area contributed by atoms with Crippen molar-refractivity contribution in [3.63, 3.8) is 0 Å². The van der Waals surface area contributed by atoms with Crippen molar-refractivity contribution in [1.82, 2.24) is 19.9 Å². The molecule has 1 aliphatic heterocycles. The SMILES string of the molecule is CC1CN(c2nc(NN)nc(N(C)C)n2)CC(C)N1C. The van der Waals surface area contributed by atoms with Crippen molar-refractivity contribution in [3.8, 4) is 0 Å². The number of hydrogen-bond donors (Lipinski definition) is 2. The normalized spacial score (nSPS) is 23.8. The van der Waals surface area contributed by atoms with Crippen molar-refractivity contribution in [2.45, 2.75) is 25.9 Å². The van der Waals surface area contributed by atoms with Crippen LogP contribution in [-0.4, -0.2) is 66.2 Å². The van der Waals surface area contributed by atoms with Gasteiger partial charge in [0.2, 0.25) is 17.8 Å². The molecule has 0 spiro atoms. The van der Waals surface area contributed by atoms with E-state index in [0.717, 1.165) is 13.1 Å². The molecule has 0 amide bonds. The van der Waals surface area contributed by atoms with E-state index in [1.165, 1.54) is 0 Å². The molecule has 0 aromatic carbocycles. The molecular formula is C12H24N8. The Labute approximate surface area is 120 Å². The molecule has 20 heavy (non-hydrogen) atoms. The van der Waals surface area contributed by atoms with E-state index in [2.05, 4.69) is 51.1 Å². The predicted octanol–water partition coefficient (Wildman–Crippen LogP) is -0.248. The van der Waals surface area contributed by atoms with Crippen LogP contribution in [0, 0.1) is 0 Å². The van der Waals surface area contributed by atoms with Crippen molar-refractivity contribution in [1.29, 1.82) is 0 Å². The monoisotopic (exact) mass is 280 g/mol. The van der Waals surface area contributed by atoms with E-state index in [4.69, 9.17) is 5.84 Å². The van der Waals surface area contributed by atoms with Crippen LogP contribution in [0.4, 0.5) is 17.8 Å². The molecule has 1 aromatic rings. The number of hydrazine groups is 1. The van der Waals surface area contributed by atoms with Crippen LogP contribution in [0.25, 0.3) is 0 Å². The van der Waals surface area contributed by atoms with Crippen molar-refractivity contribution < 1.29 is 0 Å². The minimum Gasteiger partial charge on any atom is -0.347 e. The van der Waals surface area contributed by atoms with Crippen LogP contribution in [0.1, 0.15) is 13.8 Å². The smallest absolute Gasteiger partial charge is 0.243 e. The summed E-state index contributed by atoms with van der Waals surface area (Å²) in [5.74, 6) is 7.10. The van der Waals surface area contributed by atoms with Crippen LogP contribution in [0.15, 0.2) is 0 Å². The van der Waals surface area contributed by atoms with Gasteiger partial charge in [0.25, 0.3) is 0 Å². The number of nitrogens with two attached hydrogens (primary N) is 1. The van der Waals surface area contributed by atoms with Gasteiger partial charge in [-0.25, -0.2) is 5.84 Å². The average Bonchev–Trinajstić information content (AvgIpc) is 2.43. The molecule has 2 rings (SSSR count). The number of hydrogen-bond acceptors (Lipinski definition) is 8. The summed E-state index contributed by atoms with van der Waals surface area (Å²) in [5.41, 5.74) is 2.51. The van der Waals surface area contributed by atoms with Crippen LogP contribution in [-0.2, 0) is 0 Å². The molecular weight excluding hydrogens is 256 g/mol. The van der Waals surface area contributed by atoms with Gasteiger partial charge >= 0.3 is 0 Å². The molecule has 1 saturated heterocycles. The zero-order valence-corrected chi connectivity index (χ0v) is 12.8. The third kappa shape index (κ3) is 2.91. The highest BCUT2D eigenvalue weighted by Crippen LogP contribution is 2.20. The van der Waals surface area contributed by atoms with Gasteiger partial charge in [0, 0.05) is 39.3 Å². The standard InChI is InChI=1S/C12H24N8/c1-8-6-20(7-9(2)19(8)5)12-15-10(17-13)14-11(16-12)18(3)4/h8-9H,6-7,13H2,1-5H3,(H,14,15,16,17). The molecule has 2 atom stereocenters. The van der Waals surface area contributed by atoms with E-state index in [9.17, 15) is 0 Å². The fourth-order valence-electron chi connectivity index (χ4n) is 2.33. The van der Waals surface area contributed by atoms with E-state index < -0.39 is 0 Å². The van der Waals surface area contributed by atoms with Crippen LogP contribution in [0.2, 0.25) is 0 Å². The molecule has 2 heterocycles. The Balaban J connectivity index is 2.30. The van der Waals surface area contributed by atoms with Crippen molar-refractivity contribution in [2.75, 3.05) is 49.5 Å². The third-order valence-electron chi connectivity index (χ3n) is 3.78. The van der Waals surface area contributed by atoms with Gasteiger partial charge in [-0.15, -0.1) is 0 Å². The van der Waals surface area contributed by atoms with Crippen LogP contribution in [0.3, 0.4) is 0 Å². The second-order valence-electron chi connectivity index (χ2n) is 5.57. The molecule has 0 radical (unpaired) electrons. The first-order valence-electron chi connectivity index (χ1n) is 6.79. The van der Waals surface area contributed by atoms with Gasteiger partial charge in [0.15, 0.2) is 0 Å². The number of aromatic nitrogens is 3. The molecule has 112 valence electrons. The van der Waals surface area contributed by atoms with Gasteiger partial charge in [-0.05, 0) is 20.9 Å². The quantitative estimate of drug-likeness (QED) is 0.579. The Morgan fingerprint density at radius 2 is 1.75 bits per heavy atom. The Bertz CT molecular complexity index is 451. The number of nitrogens with zero attached hydrogens (tertiary/aromatic N) is 6. The van der Waals surface area contributed by atoms with Crippen molar-refractivity contribution >= 4 is 17.8 Å². The lowest BCUT2D eigenvalue weighted by Crippen LogP contribution is -2.55. The number of nitrogen functional groups attached to an aromatic ring is 1. The second kappa shape index (κ2) is 5.76. The lowest BCUT2D eigenvalue weighted by molar-refractivity contribution is 0.169. The highest BCUT2D eigenvalue weighted by atomic mass is 15.4. The molecule has 8 nitrogen and oxygen atoms in total. The largest absolute Gasteiger partial charge is 0.347 e. The Morgan fingerprint density at radius 1 is 1.15 bits per heavy atom. The summed E-state index contributed by atoms with van der Waals surface area (Å²) < 4.78 is 0. The van der Waals surface area contributed by atoms with Gasteiger partial charge in [-0.3, -0.25) is 10.3 Å². The summed E-state index contributed by atoms with van der Waals surface area (Å²) in [5, 5.41) is 0. The summed E-state index contributed by atoms with van der Waals surface area (Å²) in [7, 11) is 5.95. The molecule has 0 bridgehead atoms. The van der Waals surface area contributed by atoms with Crippen LogP contribution in [0.5, 0.6) is 0 Å². The third-order valence-corrected chi connectivity index (χ3v) is 3.78. The molecule has 0 saturated carbocycles. The molecule has 2 unspecified atom stereocenters. The van der Waals surface area contributed by atoms with Crippen molar-refractivity contribution in [3.05, 3.63) is 0 Å². The van der Waals surface area contributed by atoms with Gasteiger partial charge < -0.3 is 9.80 Å². The van der Waals surface area contributed by atoms with Gasteiger partial charge in [0.1, 0.15) is 0 Å². The Kier molecular flexibility index (Phi) is 4.24. The maximum atomic E-state index is 5.45. The summed E-state index contributed by atoms with van der Waals surface area (Å²) in [6.07, 6.45) is 0. The number of anilines is 3. The van der Waals surface area contributed by atoms with E-state index in [0.29, 0.717) is 29.9 Å². The molecule has 1 aromatic heterocycles. The topological polar surface area (TPSA) is 86.4 Å². The highest BCUT2D eigenvalue weighted by molar-refractivity contribution is 5.44. The fourth-order valence-corrected chi connectivity index (χ4v) is 2.33. The lowest BCUT2D eigenvalue weighted by atomic mass is 10.1. The van der Waals surface area contributed by atoms with Crippen LogP contribution < -0.4 is 21.1 Å². The molecule has 1 fully saturated rings. The van der Waals surface area contributed by atoms with E-state index in [-0.39, 0.29) is 0 Å². The average molecular weight is 280 g/mol. The Morgan fingerprint density at radius 3 is 2.25 bits per heavy atom. The number of rotatable bonds is 3. The molecule has 3 N–H and O–H groups in total. The minimum atomic E-state index is 0.387. The van der Waals surface area contributed by atoms with Crippen LogP contribution >= 0.6 is 0 Å². The zero-order chi connectivity index (χ0) is 14.9. The first-order chi connectivity index (χ1) is 9.42. The fraction of sp³-hybridized carbons (Fsp3) is 0.750. The first-order valence-corrected chi connectivity index (χ1v) is 6.79. The number of piperazine rings is 1. The van der Waals surface area contributed by atoms with E-state index >= 15 is 0 Å². The highest BCUT2D eigenvalue weighted by Gasteiger charge is 2.28. The number of likely N-dealkylation sites (N-methyl/N-ethyl adjacent to an activating group) is 1. The Hall–Kier alpha value is -1.67. The zero-order valence-electron chi connectivity index (χ0n) is 12.8. The van der Waals surface area contributed by atoms with Gasteiger partial charge in [-0.2, -0.15) is 15.0 Å².